The van der Waals surface area contributed by atoms with Crippen molar-refractivity contribution in [3.8, 4) is 0 Å². The second-order valence-electron chi connectivity index (χ2n) is 32.8. The van der Waals surface area contributed by atoms with Crippen molar-refractivity contribution in [2.24, 2.45) is 17.8 Å². The van der Waals surface area contributed by atoms with Gasteiger partial charge in [-0.25, -0.2) is 0 Å². The average molecular weight is 1760 g/mol. The van der Waals surface area contributed by atoms with E-state index in [0.717, 1.165) is 272 Å². The van der Waals surface area contributed by atoms with E-state index in [9.17, 15) is 4.79 Å². The first-order chi connectivity index (χ1) is 56.1. The van der Waals surface area contributed by atoms with E-state index in [1.165, 1.54) is 44.1 Å². The fourth-order valence-electron chi connectivity index (χ4n) is 17.3. The van der Waals surface area contributed by atoms with Gasteiger partial charge in [0.2, 0.25) is 0 Å². The Morgan fingerprint density at radius 3 is 1.10 bits per heavy atom. The molecule has 658 valence electrons. The van der Waals surface area contributed by atoms with E-state index >= 15 is 0 Å². The molecule has 25 rings (SSSR count). The molecule has 0 spiro atoms. The Balaban J connectivity index is 0.000000130. The molecular weight excluding hydrogens is 1620 g/mol. The van der Waals surface area contributed by atoms with Crippen molar-refractivity contribution < 1.29 is 111 Å². The predicted molar refractivity (Wildman–Crippen MR) is 446 cm³/mol. The molecule has 24 aliphatic rings. The number of carbonyl (C=O) groups excluding carboxylic acids is 1. The van der Waals surface area contributed by atoms with Crippen molar-refractivity contribution in [1.82, 2.24) is 24.5 Å². The van der Waals surface area contributed by atoms with Gasteiger partial charge in [0.15, 0.2) is 0 Å². The zero-order chi connectivity index (χ0) is 80.0. The molecule has 0 aliphatic carbocycles. The number of benzene rings is 1. The number of fused-ring (bicyclic) bond motifs is 48. The number of carbonyl (C=O) groups is 1. The summed E-state index contributed by atoms with van der Waals surface area (Å²) in [7, 11) is -19.8. The van der Waals surface area contributed by atoms with Gasteiger partial charge in [-0.3, -0.25) is 29.3 Å². The quantitative estimate of drug-likeness (QED) is 0.104. The molecule has 3 unspecified atom stereocenters. The van der Waals surface area contributed by atoms with Gasteiger partial charge in [-0.1, -0.05) is 70.0 Å². The lowest BCUT2D eigenvalue weighted by atomic mass is 9.92. The number of ketones is 1. The molecule has 24 fully saturated rings. The molecule has 24 aliphatic heterocycles. The highest BCUT2D eigenvalue weighted by atomic mass is 28.4. The molecule has 0 aromatic heterocycles. The highest BCUT2D eigenvalue weighted by Gasteiger charge is 2.54. The lowest BCUT2D eigenvalue weighted by Gasteiger charge is -2.40. The Bertz CT molecular complexity index is 2730. The van der Waals surface area contributed by atoms with Crippen LogP contribution in [0.5, 0.6) is 0 Å². The SMILES string of the molecule is C(CCC[Si]12OCCN(CCO1)CCO2)CC[Si]12OCCC(CCO1)CCO2.C1CC2CCO[Si](CC[Si]34OCCN(CCO3)CCO4)(O1)OCC2.C=C[Si]12OCCN(CCO1)C(C)CO2.CC(=O)C1CO[Si]2(C)OCCN1CCO2.CCCC[Si]12OCCN(CCO1)CCO2.CC[Si]12OCCC(CCO1)CC(c1ccccc1)O2. The molecule has 30 nitrogen and oxygen atoms in total. The summed E-state index contributed by atoms with van der Waals surface area (Å²) in [4.78, 5) is 22.9. The Labute approximate surface area is 695 Å². The standard InChI is InChI=1S/C19H37NO6Si2.C15H29NO6Si2.C15H22O3Si.C10H21NO3Si.C9H17NO4Si.C9H17NO3Si/c1(3-17-27-21-11-5-19(6-12-22-27)7-13-23-27)2-4-18-28-24-14-8-20(9-15-25-28)10-16-26-28;1-7-17-23(18-8-2-15(1)3-9-19-23)13-14-24-20-10-4-16(5-11-21-24)6-12-22-24;1-2-19-16-10-8-13(9-11-17-19)12-15(18-19)14-6-4-3-5-7-14;1-2-3-10-15-12-7-4-11(5-8-13-15)6-9-14-15;1-8(11)9-7-14-15(2)12-5-3-10(9)4-6-13-15;1-3-14-11-6-4-10(5-7-12-14)9(2)8-13-14/h19H,1-18H2;15H,1-14H2;3-7,13,15H,2,8-12H2,1H3;2-10H2,1H3;9H,3-7H2,1-2H3;3,9H,1,4-8H2,2H3. The number of nitrogens with zero attached hydrogens (tertiary/aromatic N) is 5. The average Bonchev–Trinajstić information content (AvgIpc) is 0.809. The van der Waals surface area contributed by atoms with Gasteiger partial charge < -0.3 is 106 Å². The van der Waals surface area contributed by atoms with Crippen molar-refractivity contribution in [2.45, 2.75) is 185 Å². The van der Waals surface area contributed by atoms with Gasteiger partial charge in [0, 0.05) is 187 Å². The molecule has 0 radical (unpaired) electrons. The van der Waals surface area contributed by atoms with Crippen molar-refractivity contribution >= 4 is 76.2 Å². The number of unbranched alkanes of at least 4 members (excludes halogenated alkanes) is 4. The largest absolute Gasteiger partial charge is 0.529 e. The van der Waals surface area contributed by atoms with Crippen LogP contribution in [0.2, 0.25) is 42.8 Å². The summed E-state index contributed by atoms with van der Waals surface area (Å²) in [5.74, 6) is 2.20. The van der Waals surface area contributed by atoms with Gasteiger partial charge in [0.1, 0.15) is 5.78 Å². The third kappa shape index (κ3) is 28.9. The van der Waals surface area contributed by atoms with Crippen LogP contribution in [0, 0.1) is 17.8 Å². The Morgan fingerprint density at radius 2 is 0.722 bits per heavy atom. The summed E-state index contributed by atoms with van der Waals surface area (Å²) in [5.41, 5.74) is 2.99. The maximum atomic E-state index is 11.5. The third-order valence-electron chi connectivity index (χ3n) is 24.8. The van der Waals surface area contributed by atoms with Gasteiger partial charge in [0.25, 0.3) is 0 Å². The number of rotatable bonds is 17. The summed E-state index contributed by atoms with van der Waals surface area (Å²) in [5, 5.41) is 0. The molecule has 3 atom stereocenters. The summed E-state index contributed by atoms with van der Waals surface area (Å²) >= 11 is 0. The van der Waals surface area contributed by atoms with Crippen molar-refractivity contribution in [2.75, 3.05) is 237 Å². The fourth-order valence-corrected chi connectivity index (χ4v) is 37.3. The van der Waals surface area contributed by atoms with Crippen LogP contribution < -0.4 is 0 Å². The first-order valence-corrected chi connectivity index (χ1v) is 59.9. The van der Waals surface area contributed by atoms with Gasteiger partial charge in [-0.15, -0.1) is 0 Å². The maximum absolute atomic E-state index is 11.5. The fraction of sp³-hybridized carbons (Fsp3) is 0.883. The summed E-state index contributed by atoms with van der Waals surface area (Å²) in [6.07, 6.45) is 17.3. The van der Waals surface area contributed by atoms with Crippen LogP contribution in [0.25, 0.3) is 0 Å². The molecule has 0 N–H and O–H groups in total. The van der Waals surface area contributed by atoms with Crippen LogP contribution in [-0.4, -0.2) is 350 Å². The van der Waals surface area contributed by atoms with Gasteiger partial charge in [-0.05, 0) is 120 Å². The smallest absolute Gasteiger partial charge is 0.373 e. The number of Topliss-reactive ketones (excluding diaryl/α,β-unsaturated/α-hetero) is 1. The van der Waals surface area contributed by atoms with Crippen LogP contribution in [0.3, 0.4) is 0 Å². The lowest BCUT2D eigenvalue weighted by Crippen LogP contribution is -2.58. The topological polar surface area (TPSA) is 255 Å². The molecule has 24 saturated heterocycles. The summed E-state index contributed by atoms with van der Waals surface area (Å²) in [6.45, 7) is 42.8. The monoisotopic (exact) mass is 1760 g/mol. The Morgan fingerprint density at radius 1 is 0.383 bits per heavy atom. The van der Waals surface area contributed by atoms with E-state index in [2.05, 4.69) is 76.1 Å². The number of hydrogen-bond acceptors (Lipinski definition) is 30. The highest BCUT2D eigenvalue weighted by Crippen LogP contribution is 2.40. The molecular formula is C77H143N5O25Si8. The maximum Gasteiger partial charge on any atom is 0.529 e. The van der Waals surface area contributed by atoms with E-state index in [4.69, 9.17) is 106 Å². The molecule has 1 aromatic rings. The van der Waals surface area contributed by atoms with Crippen LogP contribution in [0.1, 0.15) is 136 Å². The second-order valence-corrected chi connectivity index (χ2v) is 54.4. The minimum atomic E-state index is -2.64. The summed E-state index contributed by atoms with van der Waals surface area (Å²) < 4.78 is 144. The molecule has 24 heterocycles. The van der Waals surface area contributed by atoms with E-state index < -0.39 is 70.4 Å². The van der Waals surface area contributed by atoms with Crippen LogP contribution in [0.15, 0.2) is 42.6 Å². The van der Waals surface area contributed by atoms with Crippen molar-refractivity contribution in [1.29, 1.82) is 0 Å². The lowest BCUT2D eigenvalue weighted by molar-refractivity contribution is -0.127. The predicted octanol–water partition coefficient (Wildman–Crippen LogP) is 8.74. The van der Waals surface area contributed by atoms with E-state index in [0.29, 0.717) is 83.3 Å². The first kappa shape index (κ1) is 93.4. The van der Waals surface area contributed by atoms with Crippen molar-refractivity contribution in [3.63, 3.8) is 0 Å². The highest BCUT2D eigenvalue weighted by molar-refractivity contribution is 6.67. The minimum absolute atomic E-state index is 0.121. The minimum Gasteiger partial charge on any atom is -0.373 e. The van der Waals surface area contributed by atoms with Crippen LogP contribution >= 0.6 is 0 Å². The zero-order valence-corrected chi connectivity index (χ0v) is 78.4. The van der Waals surface area contributed by atoms with E-state index in [-0.39, 0.29) is 17.9 Å². The van der Waals surface area contributed by atoms with Crippen LogP contribution in [-0.2, 0) is 111 Å². The molecule has 0 saturated carbocycles. The zero-order valence-electron chi connectivity index (χ0n) is 70.4. The molecule has 0 amide bonds. The molecule has 1 aromatic carbocycles. The van der Waals surface area contributed by atoms with Gasteiger partial charge >= 0.3 is 70.4 Å². The molecule has 38 heteroatoms. The van der Waals surface area contributed by atoms with E-state index in [1.807, 2.05) is 12.6 Å². The molecule has 16 bridgehead atoms. The normalized spacial score (nSPS) is 40.2. The van der Waals surface area contributed by atoms with Gasteiger partial charge in [0.05, 0.1) is 111 Å². The van der Waals surface area contributed by atoms with Crippen LogP contribution in [0.4, 0.5) is 0 Å². The first-order valence-electron chi connectivity index (χ1n) is 44.3. The van der Waals surface area contributed by atoms with E-state index in [1.54, 1.807) is 12.6 Å². The Hall–Kier alpha value is -0.795. The Kier molecular flexibility index (Phi) is 38.6. The van der Waals surface area contributed by atoms with Gasteiger partial charge in [-0.2, -0.15) is 0 Å². The molecule has 115 heavy (non-hydrogen) atoms. The summed E-state index contributed by atoms with van der Waals surface area (Å²) in [6, 6.07) is 16.1. The number of hydrogen-bond donors (Lipinski definition) is 0. The van der Waals surface area contributed by atoms with Crippen molar-refractivity contribution in [3.05, 3.63) is 48.2 Å². The third-order valence-corrected chi connectivity index (χ3v) is 46.8. The second kappa shape index (κ2) is 47.5.